The van der Waals surface area contributed by atoms with Crippen molar-refractivity contribution in [3.8, 4) is 22.5 Å². The highest BCUT2D eigenvalue weighted by Gasteiger charge is 2.06. The van der Waals surface area contributed by atoms with Gasteiger partial charge in [0.25, 0.3) is 0 Å². The van der Waals surface area contributed by atoms with Crippen LogP contribution in [0.1, 0.15) is 18.4 Å². The lowest BCUT2D eigenvalue weighted by Gasteiger charge is -2.07. The summed E-state index contributed by atoms with van der Waals surface area (Å²) in [6, 6.07) is 12.5. The first-order chi connectivity index (χ1) is 10.2. The zero-order valence-electron chi connectivity index (χ0n) is 12.5. The third-order valence-electron chi connectivity index (χ3n) is 3.55. The summed E-state index contributed by atoms with van der Waals surface area (Å²) in [5, 5.41) is 4.20. The molecule has 2 heterocycles. The lowest BCUT2D eigenvalue weighted by Crippen LogP contribution is -1.97. The van der Waals surface area contributed by atoms with E-state index in [9.17, 15) is 0 Å². The molecule has 0 radical (unpaired) electrons. The average Bonchev–Trinajstić information content (AvgIpc) is 2.93. The molecule has 0 atom stereocenters. The molecule has 0 saturated heterocycles. The minimum atomic E-state index is 0.820. The van der Waals surface area contributed by atoms with Crippen molar-refractivity contribution in [2.75, 3.05) is 0 Å². The van der Waals surface area contributed by atoms with Gasteiger partial charge in [-0.3, -0.25) is 4.68 Å². The summed E-state index contributed by atoms with van der Waals surface area (Å²) in [5.74, 6) is 0.820. The van der Waals surface area contributed by atoms with Crippen LogP contribution >= 0.6 is 0 Å². The molecule has 21 heavy (non-hydrogen) atoms. The normalized spacial score (nSPS) is 10.8. The fourth-order valence-corrected chi connectivity index (χ4v) is 2.43. The van der Waals surface area contributed by atoms with Crippen LogP contribution in [0, 0.1) is 6.92 Å². The van der Waals surface area contributed by atoms with E-state index in [2.05, 4.69) is 52.3 Å². The van der Waals surface area contributed by atoms with E-state index in [1.165, 1.54) is 0 Å². The lowest BCUT2D eigenvalue weighted by molar-refractivity contribution is 0.776. The maximum atomic E-state index is 4.53. The minimum Gasteiger partial charge on any atom is -0.268 e. The Hall–Kier alpha value is -2.49. The second-order valence-corrected chi connectivity index (χ2v) is 5.06. The Morgan fingerprint density at radius 1 is 1.00 bits per heavy atom. The predicted molar refractivity (Wildman–Crippen MR) is 83.8 cm³/mol. The zero-order valence-corrected chi connectivity index (χ0v) is 12.5. The molecule has 0 amide bonds. The summed E-state index contributed by atoms with van der Waals surface area (Å²) in [4.78, 5) is 8.96. The Morgan fingerprint density at radius 3 is 2.33 bits per heavy atom. The van der Waals surface area contributed by atoms with Crippen LogP contribution in [-0.4, -0.2) is 19.7 Å². The summed E-state index contributed by atoms with van der Waals surface area (Å²) >= 11 is 0. The standard InChI is InChI=1S/C17H18N4/c1-4-15-11-16(20-12(2)19-15)13-5-7-14(8-6-13)17-9-10-18-21(17)3/h5-11H,4H2,1-3H3. The van der Waals surface area contributed by atoms with Crippen molar-refractivity contribution in [2.24, 2.45) is 7.05 Å². The van der Waals surface area contributed by atoms with Gasteiger partial charge in [-0.15, -0.1) is 0 Å². The number of hydrogen-bond acceptors (Lipinski definition) is 3. The van der Waals surface area contributed by atoms with E-state index in [1.54, 1.807) is 0 Å². The van der Waals surface area contributed by atoms with Crippen LogP contribution in [0.5, 0.6) is 0 Å². The Bertz CT molecular complexity index is 757. The molecular formula is C17H18N4. The van der Waals surface area contributed by atoms with E-state index >= 15 is 0 Å². The van der Waals surface area contributed by atoms with Crippen LogP contribution in [0.3, 0.4) is 0 Å². The monoisotopic (exact) mass is 278 g/mol. The number of nitrogens with zero attached hydrogens (tertiary/aromatic N) is 4. The molecule has 0 bridgehead atoms. The molecule has 0 aliphatic heterocycles. The quantitative estimate of drug-likeness (QED) is 0.737. The molecule has 4 nitrogen and oxygen atoms in total. The van der Waals surface area contributed by atoms with Crippen LogP contribution in [0.2, 0.25) is 0 Å². The highest BCUT2D eigenvalue weighted by Crippen LogP contribution is 2.23. The molecule has 106 valence electrons. The molecule has 0 aliphatic rings. The topological polar surface area (TPSA) is 43.6 Å². The predicted octanol–water partition coefficient (Wildman–Crippen LogP) is 3.41. The van der Waals surface area contributed by atoms with E-state index in [-0.39, 0.29) is 0 Å². The number of aryl methyl sites for hydroxylation is 3. The van der Waals surface area contributed by atoms with Gasteiger partial charge in [-0.25, -0.2) is 9.97 Å². The first-order valence-electron chi connectivity index (χ1n) is 7.10. The van der Waals surface area contributed by atoms with Gasteiger partial charge in [-0.1, -0.05) is 31.2 Å². The molecule has 2 aromatic heterocycles. The third kappa shape index (κ3) is 2.70. The van der Waals surface area contributed by atoms with Crippen molar-refractivity contribution in [1.82, 2.24) is 19.7 Å². The summed E-state index contributed by atoms with van der Waals surface area (Å²) in [6.07, 6.45) is 2.73. The minimum absolute atomic E-state index is 0.820. The molecule has 4 heteroatoms. The first kappa shape index (κ1) is 13.5. The van der Waals surface area contributed by atoms with Crippen molar-refractivity contribution in [2.45, 2.75) is 20.3 Å². The first-order valence-corrected chi connectivity index (χ1v) is 7.10. The molecule has 0 N–H and O–H groups in total. The van der Waals surface area contributed by atoms with Crippen LogP contribution in [0.25, 0.3) is 22.5 Å². The van der Waals surface area contributed by atoms with Gasteiger partial charge in [0.2, 0.25) is 0 Å². The van der Waals surface area contributed by atoms with Crippen LogP contribution in [0.4, 0.5) is 0 Å². The fourth-order valence-electron chi connectivity index (χ4n) is 2.43. The van der Waals surface area contributed by atoms with Crippen LogP contribution in [0.15, 0.2) is 42.6 Å². The molecule has 1 aromatic carbocycles. The average molecular weight is 278 g/mol. The summed E-state index contributed by atoms with van der Waals surface area (Å²) in [5.41, 5.74) is 5.43. The number of benzene rings is 1. The molecule has 0 spiro atoms. The third-order valence-corrected chi connectivity index (χ3v) is 3.55. The number of aromatic nitrogens is 4. The van der Waals surface area contributed by atoms with Gasteiger partial charge in [0, 0.05) is 24.5 Å². The van der Waals surface area contributed by atoms with Crippen molar-refractivity contribution in [3.63, 3.8) is 0 Å². The summed E-state index contributed by atoms with van der Waals surface area (Å²) in [7, 11) is 1.95. The van der Waals surface area contributed by atoms with E-state index in [0.29, 0.717) is 0 Å². The molecule has 3 aromatic rings. The fraction of sp³-hybridized carbons (Fsp3) is 0.235. The van der Waals surface area contributed by atoms with Crippen molar-refractivity contribution in [1.29, 1.82) is 0 Å². The highest BCUT2D eigenvalue weighted by atomic mass is 15.2. The molecule has 0 unspecified atom stereocenters. The van der Waals surface area contributed by atoms with Gasteiger partial charge < -0.3 is 0 Å². The van der Waals surface area contributed by atoms with Crippen LogP contribution in [-0.2, 0) is 13.5 Å². The van der Waals surface area contributed by atoms with Crippen molar-refractivity contribution < 1.29 is 0 Å². The van der Waals surface area contributed by atoms with Gasteiger partial charge in [0.1, 0.15) is 5.82 Å². The zero-order chi connectivity index (χ0) is 14.8. The van der Waals surface area contributed by atoms with Gasteiger partial charge >= 0.3 is 0 Å². The molecule has 3 rings (SSSR count). The Labute approximate surface area is 124 Å². The van der Waals surface area contributed by atoms with Gasteiger partial charge in [-0.05, 0) is 31.0 Å². The summed E-state index contributed by atoms with van der Waals surface area (Å²) < 4.78 is 1.87. The maximum Gasteiger partial charge on any atom is 0.126 e. The molecule has 0 fully saturated rings. The SMILES string of the molecule is CCc1cc(-c2ccc(-c3ccnn3C)cc2)nc(C)n1. The molecule has 0 saturated carbocycles. The van der Waals surface area contributed by atoms with E-state index in [4.69, 9.17) is 0 Å². The maximum absolute atomic E-state index is 4.53. The number of hydrogen-bond donors (Lipinski definition) is 0. The van der Waals surface area contributed by atoms with Crippen molar-refractivity contribution in [3.05, 3.63) is 54.1 Å². The van der Waals surface area contributed by atoms with Gasteiger partial charge in [0.05, 0.1) is 11.4 Å². The van der Waals surface area contributed by atoms with Crippen LogP contribution < -0.4 is 0 Å². The van der Waals surface area contributed by atoms with Gasteiger partial charge in [0.15, 0.2) is 0 Å². The summed E-state index contributed by atoms with van der Waals surface area (Å²) in [6.45, 7) is 4.05. The Balaban J connectivity index is 1.98. The molecular weight excluding hydrogens is 260 g/mol. The Kier molecular flexibility index (Phi) is 3.52. The van der Waals surface area contributed by atoms with E-state index < -0.39 is 0 Å². The molecule has 0 aliphatic carbocycles. The lowest BCUT2D eigenvalue weighted by atomic mass is 10.1. The highest BCUT2D eigenvalue weighted by molar-refractivity contribution is 5.66. The number of rotatable bonds is 3. The van der Waals surface area contributed by atoms with E-state index in [1.807, 2.05) is 30.9 Å². The smallest absolute Gasteiger partial charge is 0.126 e. The van der Waals surface area contributed by atoms with Gasteiger partial charge in [-0.2, -0.15) is 5.10 Å². The Morgan fingerprint density at radius 2 is 1.71 bits per heavy atom. The van der Waals surface area contributed by atoms with E-state index in [0.717, 1.165) is 40.5 Å². The second-order valence-electron chi connectivity index (χ2n) is 5.06. The second kappa shape index (κ2) is 5.48. The van der Waals surface area contributed by atoms with Crippen molar-refractivity contribution >= 4 is 0 Å². The largest absolute Gasteiger partial charge is 0.268 e.